The van der Waals surface area contributed by atoms with Crippen LogP contribution in [0.3, 0.4) is 0 Å². The van der Waals surface area contributed by atoms with Gasteiger partial charge in [0.2, 0.25) is 0 Å². The number of nitrogens with zero attached hydrogens (tertiary/aromatic N) is 3. The lowest BCUT2D eigenvalue weighted by Crippen LogP contribution is -1.95. The summed E-state index contributed by atoms with van der Waals surface area (Å²) in [4.78, 5) is 10.8. The van der Waals surface area contributed by atoms with Crippen molar-refractivity contribution in [3.05, 3.63) is 176 Å². The lowest BCUT2D eigenvalue weighted by molar-refractivity contribution is 0.667. The minimum Gasteiger partial charge on any atom is -0.455 e. The molecular weight excluding hydrogens is 675 g/mol. The van der Waals surface area contributed by atoms with Gasteiger partial charge in [0.15, 0.2) is 11.4 Å². The zero-order valence-corrected chi connectivity index (χ0v) is 29.4. The maximum absolute atomic E-state index is 6.81. The molecule has 12 rings (SSSR count). The van der Waals surface area contributed by atoms with E-state index < -0.39 is 0 Å². The van der Waals surface area contributed by atoms with E-state index in [1.165, 1.54) is 10.8 Å². The molecule has 0 aliphatic carbocycles. The second-order valence-electron chi connectivity index (χ2n) is 14.1. The van der Waals surface area contributed by atoms with Gasteiger partial charge in [-0.15, -0.1) is 0 Å². The molecule has 0 aliphatic heterocycles. The van der Waals surface area contributed by atoms with Gasteiger partial charge in [0, 0.05) is 49.1 Å². The molecule has 5 heteroatoms. The van der Waals surface area contributed by atoms with Crippen LogP contribution in [0, 0.1) is 0 Å². The fourth-order valence-electron chi connectivity index (χ4n) is 8.50. The van der Waals surface area contributed by atoms with Crippen molar-refractivity contribution in [3.63, 3.8) is 0 Å². The van der Waals surface area contributed by atoms with Crippen molar-refractivity contribution in [3.8, 4) is 39.5 Å². The second-order valence-corrected chi connectivity index (χ2v) is 14.1. The zero-order chi connectivity index (χ0) is 36.0. The van der Waals surface area contributed by atoms with E-state index in [4.69, 9.17) is 18.8 Å². The van der Waals surface area contributed by atoms with Crippen LogP contribution in [0.15, 0.2) is 185 Å². The largest absolute Gasteiger partial charge is 0.455 e. The van der Waals surface area contributed by atoms with E-state index in [1.807, 2.05) is 24.3 Å². The topological polar surface area (TPSA) is 57.0 Å². The number of fused-ring (bicyclic) bond motifs is 11. The molecule has 4 aromatic heterocycles. The SMILES string of the molecule is c1ccc(-c2cccc(-c3nc(-c4cc5ccccc5c5oc6ccc(-n7c8ccccc8c8ccccc87)cc6c45)nc4c3oc3ccccc34)c2)cc1. The van der Waals surface area contributed by atoms with Crippen LogP contribution >= 0.6 is 0 Å². The smallest absolute Gasteiger partial charge is 0.180 e. The standard InChI is InChI=1S/C50H29N3O2/c1-2-13-30(14-3-1)31-16-12-17-33(27-31)46-49-47(38-21-8-11-24-43(38)55-49)52-50(51-46)40-28-32-15-4-5-18-35(32)48-45(40)39-29-34(25-26-44(39)54-48)53-41-22-9-6-19-36(41)37-20-7-10-23-42(37)53/h1-29H. The third kappa shape index (κ3) is 4.47. The van der Waals surface area contributed by atoms with Crippen LogP contribution in [0.25, 0.3) is 116 Å². The molecule has 0 saturated heterocycles. The third-order valence-corrected chi connectivity index (χ3v) is 11.0. The fraction of sp³-hybridized carbons (Fsp3) is 0. The molecule has 0 bridgehead atoms. The van der Waals surface area contributed by atoms with Crippen LogP contribution in [0.5, 0.6) is 0 Å². The molecule has 0 radical (unpaired) electrons. The molecule has 0 atom stereocenters. The Morgan fingerprint density at radius 1 is 0.418 bits per heavy atom. The van der Waals surface area contributed by atoms with Gasteiger partial charge in [-0.2, -0.15) is 0 Å². The molecule has 0 unspecified atom stereocenters. The van der Waals surface area contributed by atoms with Crippen molar-refractivity contribution in [1.29, 1.82) is 0 Å². The lowest BCUT2D eigenvalue weighted by Gasteiger charge is -2.11. The third-order valence-electron chi connectivity index (χ3n) is 11.0. The predicted molar refractivity (Wildman–Crippen MR) is 225 cm³/mol. The summed E-state index contributed by atoms with van der Waals surface area (Å²) in [5.41, 5.74) is 12.1. The Morgan fingerprint density at radius 2 is 1.05 bits per heavy atom. The quantitative estimate of drug-likeness (QED) is 0.183. The summed E-state index contributed by atoms with van der Waals surface area (Å²) in [6.45, 7) is 0. The zero-order valence-electron chi connectivity index (χ0n) is 29.4. The monoisotopic (exact) mass is 703 g/mol. The fourth-order valence-corrected chi connectivity index (χ4v) is 8.50. The van der Waals surface area contributed by atoms with Gasteiger partial charge >= 0.3 is 0 Å². The summed E-state index contributed by atoms with van der Waals surface area (Å²) in [6.07, 6.45) is 0. The van der Waals surface area contributed by atoms with Crippen LogP contribution in [0.2, 0.25) is 0 Å². The average molecular weight is 704 g/mol. The van der Waals surface area contributed by atoms with Gasteiger partial charge < -0.3 is 13.4 Å². The number of hydrogen-bond acceptors (Lipinski definition) is 4. The molecular formula is C50H29N3O2. The summed E-state index contributed by atoms with van der Waals surface area (Å²) in [5.74, 6) is 0.611. The molecule has 0 amide bonds. The average Bonchev–Trinajstić information content (AvgIpc) is 3.93. The van der Waals surface area contributed by atoms with Gasteiger partial charge in [-0.25, -0.2) is 9.97 Å². The van der Waals surface area contributed by atoms with Crippen molar-refractivity contribution >= 4 is 76.6 Å². The highest BCUT2D eigenvalue weighted by atomic mass is 16.3. The summed E-state index contributed by atoms with van der Waals surface area (Å²) in [5, 5.41) is 7.47. The van der Waals surface area contributed by atoms with Gasteiger partial charge in [-0.1, -0.05) is 121 Å². The molecule has 0 fully saturated rings. The maximum Gasteiger partial charge on any atom is 0.180 e. The molecule has 12 aromatic rings. The van der Waals surface area contributed by atoms with E-state index in [0.29, 0.717) is 11.4 Å². The molecule has 256 valence electrons. The molecule has 0 aliphatic rings. The van der Waals surface area contributed by atoms with E-state index in [1.54, 1.807) is 0 Å². The minimum atomic E-state index is 0.611. The van der Waals surface area contributed by atoms with Crippen LogP contribution in [-0.2, 0) is 0 Å². The maximum atomic E-state index is 6.81. The second kappa shape index (κ2) is 11.5. The van der Waals surface area contributed by atoms with Crippen molar-refractivity contribution in [2.24, 2.45) is 0 Å². The number of aromatic nitrogens is 3. The minimum absolute atomic E-state index is 0.611. The van der Waals surface area contributed by atoms with Gasteiger partial charge in [0.25, 0.3) is 0 Å². The molecule has 4 heterocycles. The Kier molecular flexibility index (Phi) is 6.27. The first kappa shape index (κ1) is 30.0. The number of furan rings is 2. The first-order valence-corrected chi connectivity index (χ1v) is 18.5. The Labute approximate surface area is 314 Å². The van der Waals surface area contributed by atoms with Crippen LogP contribution < -0.4 is 0 Å². The molecule has 55 heavy (non-hydrogen) atoms. The van der Waals surface area contributed by atoms with Crippen molar-refractivity contribution in [1.82, 2.24) is 14.5 Å². The first-order valence-electron chi connectivity index (χ1n) is 18.5. The van der Waals surface area contributed by atoms with Crippen LogP contribution in [0.1, 0.15) is 0 Å². The van der Waals surface area contributed by atoms with Gasteiger partial charge in [0.1, 0.15) is 28.0 Å². The van der Waals surface area contributed by atoms with Crippen LogP contribution in [0.4, 0.5) is 0 Å². The highest BCUT2D eigenvalue weighted by Gasteiger charge is 2.23. The normalized spacial score (nSPS) is 12.0. The summed E-state index contributed by atoms with van der Waals surface area (Å²) in [7, 11) is 0. The van der Waals surface area contributed by atoms with E-state index in [-0.39, 0.29) is 0 Å². The van der Waals surface area contributed by atoms with Crippen molar-refractivity contribution < 1.29 is 8.83 Å². The molecule has 0 spiro atoms. The Morgan fingerprint density at radius 3 is 1.87 bits per heavy atom. The molecule has 8 aromatic carbocycles. The number of para-hydroxylation sites is 3. The van der Waals surface area contributed by atoms with E-state index in [0.717, 1.165) is 93.9 Å². The van der Waals surface area contributed by atoms with Crippen molar-refractivity contribution in [2.75, 3.05) is 0 Å². The van der Waals surface area contributed by atoms with E-state index in [9.17, 15) is 0 Å². The Bertz CT molecular complexity index is 3450. The number of hydrogen-bond donors (Lipinski definition) is 0. The first-order chi connectivity index (χ1) is 27.3. The Hall–Kier alpha value is -7.50. The summed E-state index contributed by atoms with van der Waals surface area (Å²) >= 11 is 0. The Balaban J connectivity index is 1.17. The molecule has 5 nitrogen and oxygen atoms in total. The number of rotatable bonds is 4. The highest BCUT2D eigenvalue weighted by molar-refractivity contribution is 6.21. The summed E-state index contributed by atoms with van der Waals surface area (Å²) in [6, 6.07) is 61.4. The highest BCUT2D eigenvalue weighted by Crippen LogP contribution is 2.44. The van der Waals surface area contributed by atoms with Crippen LogP contribution in [-0.4, -0.2) is 14.5 Å². The van der Waals surface area contributed by atoms with Gasteiger partial charge in [0.05, 0.1) is 11.0 Å². The van der Waals surface area contributed by atoms with Crippen molar-refractivity contribution in [2.45, 2.75) is 0 Å². The molecule has 0 saturated carbocycles. The molecule has 0 N–H and O–H groups in total. The van der Waals surface area contributed by atoms with E-state index >= 15 is 0 Å². The van der Waals surface area contributed by atoms with Gasteiger partial charge in [-0.05, 0) is 71.1 Å². The number of benzene rings is 8. The predicted octanol–water partition coefficient (Wildman–Crippen LogP) is 13.5. The lowest BCUT2D eigenvalue weighted by atomic mass is 9.98. The van der Waals surface area contributed by atoms with Gasteiger partial charge in [-0.3, -0.25) is 0 Å². The summed E-state index contributed by atoms with van der Waals surface area (Å²) < 4.78 is 15.7. The van der Waals surface area contributed by atoms with E-state index in [2.05, 4.69) is 156 Å².